The molecule has 1 amide bonds. The van der Waals surface area contributed by atoms with Gasteiger partial charge in [-0.3, -0.25) is 4.79 Å². The minimum absolute atomic E-state index is 0.0489. The lowest BCUT2D eigenvalue weighted by molar-refractivity contribution is -0.129. The number of esters is 1. The van der Waals surface area contributed by atoms with Crippen molar-refractivity contribution in [2.75, 3.05) is 26.9 Å². The molecule has 182 valence electrons. The van der Waals surface area contributed by atoms with Crippen LogP contribution in [0.25, 0.3) is 0 Å². The molecular weight excluding hydrogens is 430 g/mol. The maximum absolute atomic E-state index is 12.8. The molecule has 1 saturated heterocycles. The van der Waals surface area contributed by atoms with Crippen LogP contribution in [-0.4, -0.2) is 38.8 Å². The van der Waals surface area contributed by atoms with Gasteiger partial charge in [0, 0.05) is 6.61 Å². The Kier molecular flexibility index (Phi) is 9.28. The first-order valence-corrected chi connectivity index (χ1v) is 11.8. The molecule has 0 bridgehead atoms. The summed E-state index contributed by atoms with van der Waals surface area (Å²) in [5.41, 5.74) is 4.52. The summed E-state index contributed by atoms with van der Waals surface area (Å²) in [5.74, 6) is 0.361. The molecular formula is C28H35NO5. The largest absolute Gasteiger partial charge is 0.489 e. The van der Waals surface area contributed by atoms with E-state index in [9.17, 15) is 9.59 Å². The topological polar surface area (TPSA) is 73.9 Å². The lowest BCUT2D eigenvalue weighted by atomic mass is 9.98. The maximum atomic E-state index is 12.8. The van der Waals surface area contributed by atoms with Crippen molar-refractivity contribution in [3.63, 3.8) is 0 Å². The molecule has 2 unspecified atom stereocenters. The van der Waals surface area contributed by atoms with Crippen molar-refractivity contribution in [1.29, 1.82) is 0 Å². The van der Waals surface area contributed by atoms with Crippen molar-refractivity contribution < 1.29 is 23.8 Å². The Morgan fingerprint density at radius 2 is 1.91 bits per heavy atom. The van der Waals surface area contributed by atoms with E-state index in [1.165, 1.54) is 7.11 Å². The van der Waals surface area contributed by atoms with Gasteiger partial charge in [-0.25, -0.2) is 4.79 Å². The molecule has 2 atom stereocenters. The molecule has 0 aromatic heterocycles. The van der Waals surface area contributed by atoms with E-state index in [2.05, 4.69) is 30.4 Å². The van der Waals surface area contributed by atoms with Gasteiger partial charge in [0.1, 0.15) is 12.4 Å². The number of rotatable bonds is 9. The average molecular weight is 466 g/mol. The summed E-state index contributed by atoms with van der Waals surface area (Å²) >= 11 is 0. The summed E-state index contributed by atoms with van der Waals surface area (Å²) in [6, 6.07) is 11.7. The van der Waals surface area contributed by atoms with E-state index in [0.29, 0.717) is 25.2 Å². The van der Waals surface area contributed by atoms with Crippen LogP contribution in [0.15, 0.2) is 48.6 Å². The highest BCUT2D eigenvalue weighted by Gasteiger charge is 2.24. The van der Waals surface area contributed by atoms with Crippen molar-refractivity contribution in [3.05, 3.63) is 76.4 Å². The number of methoxy groups -OCH3 is 1. The first-order valence-electron chi connectivity index (χ1n) is 11.8. The molecule has 0 spiro atoms. The van der Waals surface area contributed by atoms with E-state index < -0.39 is 0 Å². The first kappa shape index (κ1) is 25.5. The molecule has 3 rings (SSSR count). The van der Waals surface area contributed by atoms with Crippen molar-refractivity contribution in [1.82, 2.24) is 5.32 Å². The summed E-state index contributed by atoms with van der Waals surface area (Å²) < 4.78 is 16.3. The van der Waals surface area contributed by atoms with Crippen molar-refractivity contribution in [2.45, 2.75) is 46.1 Å². The molecule has 6 nitrogen and oxygen atoms in total. The van der Waals surface area contributed by atoms with Crippen LogP contribution in [0.1, 0.15) is 57.9 Å². The Balaban J connectivity index is 1.62. The smallest absolute Gasteiger partial charge is 0.337 e. The second-order valence-corrected chi connectivity index (χ2v) is 8.84. The number of hydrogen-bond donors (Lipinski definition) is 1. The van der Waals surface area contributed by atoms with Gasteiger partial charge in [-0.05, 0) is 68.9 Å². The molecule has 1 fully saturated rings. The van der Waals surface area contributed by atoms with Crippen LogP contribution in [0, 0.1) is 26.7 Å². The van der Waals surface area contributed by atoms with Gasteiger partial charge >= 0.3 is 5.97 Å². The molecule has 6 heteroatoms. The minimum atomic E-state index is -0.360. The normalized spacial score (nSPS) is 16.8. The van der Waals surface area contributed by atoms with E-state index in [-0.39, 0.29) is 23.8 Å². The second kappa shape index (κ2) is 12.4. The van der Waals surface area contributed by atoms with E-state index in [1.807, 2.05) is 32.1 Å². The standard InChI is InChI=1S/C28H35NO5/c1-19-9-7-10-22(15-19)25(29-27(30)23-11-8-13-33-18-23)12-5-6-14-34-26-20(2)16-24(17-21(26)3)28(31)32-4/h5-7,9-10,15-17,23,25H,8,11-14,18H2,1-4H3,(H,29,30)/b6-5+. The van der Waals surface area contributed by atoms with Crippen molar-refractivity contribution in [3.8, 4) is 5.75 Å². The molecule has 34 heavy (non-hydrogen) atoms. The van der Waals surface area contributed by atoms with Crippen LogP contribution >= 0.6 is 0 Å². The SMILES string of the molecule is COC(=O)c1cc(C)c(OC/C=C/CC(NC(=O)C2CCCOC2)c2cccc(C)c2)c(C)c1. The number of carbonyl (C=O) groups is 2. The fourth-order valence-electron chi connectivity index (χ4n) is 4.25. The summed E-state index contributed by atoms with van der Waals surface area (Å²) in [6.07, 6.45) is 6.45. The molecule has 2 aromatic carbocycles. The van der Waals surface area contributed by atoms with E-state index in [4.69, 9.17) is 14.2 Å². The Morgan fingerprint density at radius 1 is 1.15 bits per heavy atom. The van der Waals surface area contributed by atoms with Gasteiger partial charge in [-0.15, -0.1) is 0 Å². The highest BCUT2D eigenvalue weighted by Crippen LogP contribution is 2.26. The van der Waals surface area contributed by atoms with Crippen LogP contribution < -0.4 is 10.1 Å². The number of carbonyl (C=O) groups excluding carboxylic acids is 2. The van der Waals surface area contributed by atoms with Gasteiger partial charge in [0.25, 0.3) is 0 Å². The fraction of sp³-hybridized carbons (Fsp3) is 0.429. The summed E-state index contributed by atoms with van der Waals surface area (Å²) in [5, 5.41) is 3.22. The quantitative estimate of drug-likeness (QED) is 0.416. The zero-order valence-corrected chi connectivity index (χ0v) is 20.6. The van der Waals surface area contributed by atoms with Crippen LogP contribution in [0.2, 0.25) is 0 Å². The van der Waals surface area contributed by atoms with Gasteiger partial charge in [-0.2, -0.15) is 0 Å². The number of aryl methyl sites for hydroxylation is 3. The van der Waals surface area contributed by atoms with Gasteiger partial charge in [0.05, 0.1) is 31.2 Å². The van der Waals surface area contributed by atoms with E-state index in [0.717, 1.165) is 47.5 Å². The number of hydrogen-bond acceptors (Lipinski definition) is 5. The molecule has 0 saturated carbocycles. The minimum Gasteiger partial charge on any atom is -0.489 e. The Morgan fingerprint density at radius 3 is 2.56 bits per heavy atom. The monoisotopic (exact) mass is 465 g/mol. The van der Waals surface area contributed by atoms with Crippen LogP contribution in [0.4, 0.5) is 0 Å². The molecule has 1 aliphatic heterocycles. The third-order valence-electron chi connectivity index (χ3n) is 6.04. The molecule has 1 heterocycles. The molecule has 2 aromatic rings. The first-order chi connectivity index (χ1) is 16.4. The number of benzene rings is 2. The third-order valence-corrected chi connectivity index (χ3v) is 6.04. The van der Waals surface area contributed by atoms with E-state index >= 15 is 0 Å². The molecule has 1 N–H and O–H groups in total. The van der Waals surface area contributed by atoms with Crippen LogP contribution in [-0.2, 0) is 14.3 Å². The summed E-state index contributed by atoms with van der Waals surface area (Å²) in [6.45, 7) is 7.50. The lowest BCUT2D eigenvalue weighted by Crippen LogP contribution is -2.37. The van der Waals surface area contributed by atoms with Crippen molar-refractivity contribution >= 4 is 11.9 Å². The number of amides is 1. The Hall–Kier alpha value is -3.12. The number of ether oxygens (including phenoxy) is 3. The van der Waals surface area contributed by atoms with Gasteiger partial charge in [0.15, 0.2) is 0 Å². The van der Waals surface area contributed by atoms with Crippen molar-refractivity contribution in [2.24, 2.45) is 5.92 Å². The Bertz CT molecular complexity index is 1000. The lowest BCUT2D eigenvalue weighted by Gasteiger charge is -2.25. The van der Waals surface area contributed by atoms with Gasteiger partial charge in [-0.1, -0.05) is 42.0 Å². The maximum Gasteiger partial charge on any atom is 0.337 e. The molecule has 0 radical (unpaired) electrons. The average Bonchev–Trinajstić information content (AvgIpc) is 2.84. The molecule has 1 aliphatic rings. The summed E-state index contributed by atoms with van der Waals surface area (Å²) in [7, 11) is 1.37. The predicted molar refractivity (Wildman–Crippen MR) is 132 cm³/mol. The van der Waals surface area contributed by atoms with Gasteiger partial charge in [0.2, 0.25) is 5.91 Å². The third kappa shape index (κ3) is 6.94. The highest BCUT2D eigenvalue weighted by atomic mass is 16.5. The van der Waals surface area contributed by atoms with Gasteiger partial charge < -0.3 is 19.5 Å². The zero-order chi connectivity index (χ0) is 24.5. The second-order valence-electron chi connectivity index (χ2n) is 8.84. The molecule has 0 aliphatic carbocycles. The van der Waals surface area contributed by atoms with Crippen LogP contribution in [0.3, 0.4) is 0 Å². The zero-order valence-electron chi connectivity index (χ0n) is 20.6. The van der Waals surface area contributed by atoms with Crippen LogP contribution in [0.5, 0.6) is 5.75 Å². The number of nitrogens with one attached hydrogen (secondary N) is 1. The summed E-state index contributed by atoms with van der Waals surface area (Å²) in [4.78, 5) is 24.6. The Labute approximate surface area is 202 Å². The highest BCUT2D eigenvalue weighted by molar-refractivity contribution is 5.90. The van der Waals surface area contributed by atoms with E-state index in [1.54, 1.807) is 12.1 Å². The fourth-order valence-corrected chi connectivity index (χ4v) is 4.25. The predicted octanol–water partition coefficient (Wildman–Crippen LogP) is 5.01.